The molecule has 0 saturated heterocycles. The van der Waals surface area contributed by atoms with Crippen LogP contribution in [0.25, 0.3) is 6.08 Å². The minimum absolute atomic E-state index is 0.0938. The van der Waals surface area contributed by atoms with Crippen LogP contribution in [0.3, 0.4) is 0 Å². The molecule has 1 N–H and O–H groups in total. The van der Waals surface area contributed by atoms with Crippen LogP contribution in [-0.4, -0.2) is 36.6 Å². The summed E-state index contributed by atoms with van der Waals surface area (Å²) >= 11 is 1.28. The number of rotatable bonds is 6. The van der Waals surface area contributed by atoms with Gasteiger partial charge in [0.05, 0.1) is 7.11 Å². The number of nitrogens with zero attached hydrogens (tertiary/aromatic N) is 1. The molecule has 0 fully saturated rings. The molecule has 1 aromatic heterocycles. The lowest BCUT2D eigenvalue weighted by molar-refractivity contribution is -0.129. The van der Waals surface area contributed by atoms with E-state index in [1.165, 1.54) is 18.4 Å². The highest BCUT2D eigenvalue weighted by Gasteiger charge is 2.25. The number of carbonyl (C=O) groups excluding carboxylic acids is 3. The van der Waals surface area contributed by atoms with E-state index in [1.54, 1.807) is 86.8 Å². The summed E-state index contributed by atoms with van der Waals surface area (Å²) in [6.45, 7) is 5.33. The first-order valence-corrected chi connectivity index (χ1v) is 12.1. The van der Waals surface area contributed by atoms with E-state index < -0.39 is 23.6 Å². The lowest BCUT2D eigenvalue weighted by Crippen LogP contribution is -2.27. The standard InChI is InChI=1S/C27H24N2O7S/c1-27(2,3)36-26(32)28-18-10-8-17(9-11-18)23-29-19(24(30)35-23)14-16-7-12-20(21(15-16)33-4)34-25(31)22-6-5-13-37-22/h5-15H,1-4H3,(H,28,32). The van der Waals surface area contributed by atoms with Crippen molar-refractivity contribution in [1.82, 2.24) is 0 Å². The van der Waals surface area contributed by atoms with Crippen LogP contribution in [0.2, 0.25) is 0 Å². The van der Waals surface area contributed by atoms with Crippen molar-refractivity contribution >= 4 is 47.0 Å². The number of hydrogen-bond donors (Lipinski definition) is 1. The van der Waals surface area contributed by atoms with Gasteiger partial charge in [-0.1, -0.05) is 12.1 Å². The molecular weight excluding hydrogens is 496 g/mol. The summed E-state index contributed by atoms with van der Waals surface area (Å²) in [6, 6.07) is 15.0. The van der Waals surface area contributed by atoms with Crippen molar-refractivity contribution in [3.63, 3.8) is 0 Å². The Hall–Kier alpha value is -4.44. The third kappa shape index (κ3) is 6.62. The SMILES string of the molecule is COc1cc(C=C2N=C(c3ccc(NC(=O)OC(C)(C)C)cc3)OC2=O)ccc1OC(=O)c1cccs1. The van der Waals surface area contributed by atoms with Gasteiger partial charge in [-0.05, 0) is 80.3 Å². The Morgan fingerprint density at radius 1 is 1.05 bits per heavy atom. The Labute approximate surface area is 217 Å². The zero-order chi connectivity index (χ0) is 26.6. The van der Waals surface area contributed by atoms with Crippen molar-refractivity contribution in [3.8, 4) is 11.5 Å². The Balaban J connectivity index is 1.47. The summed E-state index contributed by atoms with van der Waals surface area (Å²) in [5.74, 6) is -0.392. The van der Waals surface area contributed by atoms with E-state index in [1.807, 2.05) is 0 Å². The predicted octanol–water partition coefficient (Wildman–Crippen LogP) is 5.67. The number of esters is 2. The Morgan fingerprint density at radius 2 is 1.81 bits per heavy atom. The second-order valence-corrected chi connectivity index (χ2v) is 9.77. The van der Waals surface area contributed by atoms with Crippen molar-refractivity contribution in [3.05, 3.63) is 81.7 Å². The second kappa shape index (κ2) is 10.7. The largest absolute Gasteiger partial charge is 0.493 e. The van der Waals surface area contributed by atoms with E-state index >= 15 is 0 Å². The zero-order valence-corrected chi connectivity index (χ0v) is 21.4. The smallest absolute Gasteiger partial charge is 0.412 e. The van der Waals surface area contributed by atoms with E-state index in [2.05, 4.69) is 10.3 Å². The van der Waals surface area contributed by atoms with Gasteiger partial charge in [-0.2, -0.15) is 0 Å². The van der Waals surface area contributed by atoms with Crippen LogP contribution < -0.4 is 14.8 Å². The van der Waals surface area contributed by atoms with Gasteiger partial charge in [0, 0.05) is 11.3 Å². The number of carbonyl (C=O) groups is 3. The average Bonchev–Trinajstić information content (AvgIpc) is 3.50. The molecule has 3 aromatic rings. The van der Waals surface area contributed by atoms with Crippen molar-refractivity contribution in [1.29, 1.82) is 0 Å². The van der Waals surface area contributed by atoms with E-state index in [0.29, 0.717) is 27.4 Å². The second-order valence-electron chi connectivity index (χ2n) is 8.82. The summed E-state index contributed by atoms with van der Waals surface area (Å²) in [7, 11) is 1.45. The first kappa shape index (κ1) is 25.6. The molecule has 0 radical (unpaired) electrons. The van der Waals surface area contributed by atoms with Crippen LogP contribution in [-0.2, 0) is 14.3 Å². The summed E-state index contributed by atoms with van der Waals surface area (Å²) < 4.78 is 21.3. The molecule has 37 heavy (non-hydrogen) atoms. The lowest BCUT2D eigenvalue weighted by Gasteiger charge is -2.19. The molecule has 10 heteroatoms. The molecule has 0 aliphatic carbocycles. The van der Waals surface area contributed by atoms with Gasteiger partial charge in [0.1, 0.15) is 10.5 Å². The van der Waals surface area contributed by atoms with Crippen molar-refractivity contribution < 1.29 is 33.3 Å². The topological polar surface area (TPSA) is 113 Å². The third-order valence-electron chi connectivity index (χ3n) is 4.81. The number of thiophene rings is 1. The Morgan fingerprint density at radius 3 is 2.46 bits per heavy atom. The van der Waals surface area contributed by atoms with Crippen LogP contribution in [0.1, 0.15) is 41.6 Å². The summed E-state index contributed by atoms with van der Waals surface area (Å²) in [5.41, 5.74) is 1.15. The number of ether oxygens (including phenoxy) is 4. The summed E-state index contributed by atoms with van der Waals surface area (Å²) in [5, 5.41) is 4.42. The summed E-state index contributed by atoms with van der Waals surface area (Å²) in [6.07, 6.45) is 0.971. The number of hydrogen-bond acceptors (Lipinski definition) is 9. The molecule has 0 atom stereocenters. The monoisotopic (exact) mass is 520 g/mol. The van der Waals surface area contributed by atoms with Crippen LogP contribution in [0, 0.1) is 0 Å². The summed E-state index contributed by atoms with van der Waals surface area (Å²) in [4.78, 5) is 41.4. The molecule has 1 aliphatic rings. The maximum Gasteiger partial charge on any atom is 0.412 e. The Bertz CT molecular complexity index is 1390. The molecule has 0 bridgehead atoms. The number of benzene rings is 2. The van der Waals surface area contributed by atoms with Gasteiger partial charge in [0.15, 0.2) is 17.2 Å². The molecule has 0 saturated carbocycles. The number of amides is 1. The number of nitrogens with one attached hydrogen (secondary N) is 1. The molecule has 2 aromatic carbocycles. The quantitative estimate of drug-likeness (QED) is 0.253. The first-order chi connectivity index (χ1) is 17.6. The fraction of sp³-hybridized carbons (Fsp3) is 0.185. The van der Waals surface area contributed by atoms with Crippen molar-refractivity contribution in [2.75, 3.05) is 12.4 Å². The molecule has 0 unspecified atom stereocenters. The highest BCUT2D eigenvalue weighted by Crippen LogP contribution is 2.31. The third-order valence-corrected chi connectivity index (χ3v) is 5.66. The Kier molecular flexibility index (Phi) is 7.40. The van der Waals surface area contributed by atoms with Crippen molar-refractivity contribution in [2.24, 2.45) is 4.99 Å². The van der Waals surface area contributed by atoms with Gasteiger partial charge >= 0.3 is 18.0 Å². The first-order valence-electron chi connectivity index (χ1n) is 11.2. The molecule has 2 heterocycles. The fourth-order valence-electron chi connectivity index (χ4n) is 3.21. The highest BCUT2D eigenvalue weighted by molar-refractivity contribution is 7.12. The van der Waals surface area contributed by atoms with Crippen LogP contribution in [0.5, 0.6) is 11.5 Å². The molecule has 1 aliphatic heterocycles. The minimum atomic E-state index is -0.613. The molecule has 0 spiro atoms. The van der Waals surface area contributed by atoms with Gasteiger partial charge < -0.3 is 18.9 Å². The normalized spacial score (nSPS) is 14.1. The number of anilines is 1. The van der Waals surface area contributed by atoms with Crippen molar-refractivity contribution in [2.45, 2.75) is 26.4 Å². The fourth-order valence-corrected chi connectivity index (χ4v) is 3.81. The van der Waals surface area contributed by atoms with Gasteiger partial charge in [0.25, 0.3) is 0 Å². The van der Waals surface area contributed by atoms with Gasteiger partial charge in [-0.3, -0.25) is 5.32 Å². The molecule has 4 rings (SSSR count). The molecule has 190 valence electrons. The maximum atomic E-state index is 12.4. The molecular formula is C27H24N2O7S. The van der Waals surface area contributed by atoms with Crippen LogP contribution >= 0.6 is 11.3 Å². The molecule has 9 nitrogen and oxygen atoms in total. The number of methoxy groups -OCH3 is 1. The van der Waals surface area contributed by atoms with Crippen LogP contribution in [0.4, 0.5) is 10.5 Å². The minimum Gasteiger partial charge on any atom is -0.493 e. The van der Waals surface area contributed by atoms with Gasteiger partial charge in [-0.25, -0.2) is 19.4 Å². The van der Waals surface area contributed by atoms with Gasteiger partial charge in [0.2, 0.25) is 5.90 Å². The highest BCUT2D eigenvalue weighted by atomic mass is 32.1. The van der Waals surface area contributed by atoms with E-state index in [0.717, 1.165) is 0 Å². The predicted molar refractivity (Wildman–Crippen MR) is 139 cm³/mol. The van der Waals surface area contributed by atoms with Crippen LogP contribution in [0.15, 0.2) is 70.7 Å². The van der Waals surface area contributed by atoms with E-state index in [4.69, 9.17) is 18.9 Å². The number of aliphatic imine (C=N–C) groups is 1. The lowest BCUT2D eigenvalue weighted by atomic mass is 10.1. The average molecular weight is 521 g/mol. The van der Waals surface area contributed by atoms with Gasteiger partial charge in [-0.15, -0.1) is 11.3 Å². The zero-order valence-electron chi connectivity index (χ0n) is 20.6. The van der Waals surface area contributed by atoms with E-state index in [9.17, 15) is 14.4 Å². The van der Waals surface area contributed by atoms with E-state index in [-0.39, 0.29) is 17.3 Å². The molecule has 1 amide bonds. The maximum absolute atomic E-state index is 12.4. The number of cyclic esters (lactones) is 1.